The molecular weight excluding hydrogens is 338 g/mol. The smallest absolute Gasteiger partial charge is 0.240 e. The molecule has 0 spiro atoms. The Morgan fingerprint density at radius 3 is 2.70 bits per heavy atom. The summed E-state index contributed by atoms with van der Waals surface area (Å²) in [7, 11) is -2.06. The summed E-state index contributed by atoms with van der Waals surface area (Å²) < 4.78 is 32.6. The Kier molecular flexibility index (Phi) is 6.67. The molecule has 0 amide bonds. The summed E-state index contributed by atoms with van der Waals surface area (Å²) in [4.78, 5) is 2.53. The van der Waals surface area contributed by atoms with Gasteiger partial charge in [0, 0.05) is 32.7 Å². The summed E-state index contributed by atoms with van der Waals surface area (Å²) >= 11 is 6.04. The van der Waals surface area contributed by atoms with Crippen molar-refractivity contribution in [2.24, 2.45) is 0 Å². The fourth-order valence-corrected chi connectivity index (χ4v) is 4.23. The third-order valence-electron chi connectivity index (χ3n) is 3.89. The molecule has 130 valence electrons. The lowest BCUT2D eigenvalue weighted by Gasteiger charge is -2.27. The van der Waals surface area contributed by atoms with Gasteiger partial charge in [-0.2, -0.15) is 0 Å². The van der Waals surface area contributed by atoms with Crippen LogP contribution in [0.2, 0.25) is 5.02 Å². The van der Waals surface area contributed by atoms with Crippen molar-refractivity contribution in [2.75, 3.05) is 46.4 Å². The van der Waals surface area contributed by atoms with E-state index in [0.717, 1.165) is 39.1 Å². The van der Waals surface area contributed by atoms with Crippen LogP contribution in [0.3, 0.4) is 0 Å². The molecule has 1 aromatic rings. The zero-order chi connectivity index (χ0) is 16.9. The van der Waals surface area contributed by atoms with Crippen molar-refractivity contribution >= 4 is 21.6 Å². The number of ether oxygens (including phenoxy) is 1. The van der Waals surface area contributed by atoms with Gasteiger partial charge in [0.1, 0.15) is 5.75 Å². The lowest BCUT2D eigenvalue weighted by molar-refractivity contribution is 0.239. The van der Waals surface area contributed by atoms with E-state index in [4.69, 9.17) is 16.3 Å². The maximum absolute atomic E-state index is 12.4. The van der Waals surface area contributed by atoms with Crippen LogP contribution in [0.4, 0.5) is 0 Å². The molecule has 23 heavy (non-hydrogen) atoms. The van der Waals surface area contributed by atoms with E-state index in [9.17, 15) is 8.42 Å². The molecule has 0 unspecified atom stereocenters. The molecule has 1 aromatic carbocycles. The molecule has 2 rings (SSSR count). The number of nitrogens with one attached hydrogen (secondary N) is 2. The lowest BCUT2D eigenvalue weighted by atomic mass is 10.2. The summed E-state index contributed by atoms with van der Waals surface area (Å²) in [5, 5.41) is 3.59. The number of hydrogen-bond acceptors (Lipinski definition) is 5. The Bertz CT molecular complexity index is 631. The van der Waals surface area contributed by atoms with Crippen LogP contribution < -0.4 is 14.8 Å². The second-order valence-corrected chi connectivity index (χ2v) is 7.74. The summed E-state index contributed by atoms with van der Waals surface area (Å²) in [6.45, 7) is 7.06. The third-order valence-corrected chi connectivity index (χ3v) is 5.79. The van der Waals surface area contributed by atoms with Crippen LogP contribution in [0.1, 0.15) is 12.0 Å². The van der Waals surface area contributed by atoms with Gasteiger partial charge in [-0.3, -0.25) is 0 Å². The first-order valence-corrected chi connectivity index (χ1v) is 9.57. The maximum atomic E-state index is 12.4. The van der Waals surface area contributed by atoms with Gasteiger partial charge in [0.15, 0.2) is 0 Å². The maximum Gasteiger partial charge on any atom is 0.240 e. The van der Waals surface area contributed by atoms with Gasteiger partial charge in [-0.15, -0.1) is 0 Å². The Hall–Kier alpha value is -0.860. The van der Waals surface area contributed by atoms with E-state index < -0.39 is 10.0 Å². The highest BCUT2D eigenvalue weighted by atomic mass is 35.5. The number of rotatable bonds is 7. The fraction of sp³-hybridized carbons (Fsp3) is 0.600. The molecule has 0 saturated carbocycles. The van der Waals surface area contributed by atoms with E-state index in [1.165, 1.54) is 13.2 Å². The minimum atomic E-state index is -3.56. The first-order valence-electron chi connectivity index (χ1n) is 7.71. The van der Waals surface area contributed by atoms with Gasteiger partial charge in [-0.1, -0.05) is 11.6 Å². The standard InChI is InChI=1S/C15H24ClN3O3S/c1-12-10-14(22-2)13(16)11-15(12)23(20,21)18-4-3-7-19-8-5-17-6-9-19/h10-11,17-18H,3-9H2,1-2H3. The Morgan fingerprint density at radius 2 is 2.04 bits per heavy atom. The minimum absolute atomic E-state index is 0.200. The summed E-state index contributed by atoms with van der Waals surface area (Å²) in [6, 6.07) is 3.08. The summed E-state index contributed by atoms with van der Waals surface area (Å²) in [6.07, 6.45) is 0.780. The molecule has 0 aliphatic carbocycles. The van der Waals surface area contributed by atoms with Gasteiger partial charge in [-0.25, -0.2) is 13.1 Å². The molecule has 8 heteroatoms. The molecule has 6 nitrogen and oxygen atoms in total. The van der Waals surface area contributed by atoms with Crippen molar-refractivity contribution in [1.82, 2.24) is 14.9 Å². The number of sulfonamides is 1. The van der Waals surface area contributed by atoms with E-state index in [1.54, 1.807) is 13.0 Å². The van der Waals surface area contributed by atoms with Crippen LogP contribution in [0.5, 0.6) is 5.75 Å². The highest BCUT2D eigenvalue weighted by Crippen LogP contribution is 2.29. The topological polar surface area (TPSA) is 70.7 Å². The average molecular weight is 362 g/mol. The highest BCUT2D eigenvalue weighted by molar-refractivity contribution is 7.89. The van der Waals surface area contributed by atoms with Crippen LogP contribution in [-0.4, -0.2) is 59.7 Å². The molecule has 1 heterocycles. The van der Waals surface area contributed by atoms with Gasteiger partial charge < -0.3 is 15.0 Å². The van der Waals surface area contributed by atoms with E-state index in [2.05, 4.69) is 14.9 Å². The van der Waals surface area contributed by atoms with Crippen LogP contribution >= 0.6 is 11.6 Å². The molecule has 1 aliphatic heterocycles. The number of methoxy groups -OCH3 is 1. The second-order valence-electron chi connectivity index (χ2n) is 5.60. The van der Waals surface area contributed by atoms with Crippen molar-refractivity contribution < 1.29 is 13.2 Å². The highest BCUT2D eigenvalue weighted by Gasteiger charge is 2.19. The Morgan fingerprint density at radius 1 is 1.35 bits per heavy atom. The molecule has 1 fully saturated rings. The molecule has 1 saturated heterocycles. The minimum Gasteiger partial charge on any atom is -0.495 e. The van der Waals surface area contributed by atoms with Crippen LogP contribution in [0.15, 0.2) is 17.0 Å². The molecule has 0 aromatic heterocycles. The van der Waals surface area contributed by atoms with E-state index in [-0.39, 0.29) is 4.90 Å². The number of halogens is 1. The third kappa shape index (κ3) is 5.06. The monoisotopic (exact) mass is 361 g/mol. The van der Waals surface area contributed by atoms with Crippen molar-refractivity contribution in [3.8, 4) is 5.75 Å². The summed E-state index contributed by atoms with van der Waals surface area (Å²) in [5.41, 5.74) is 0.612. The number of piperazine rings is 1. The fourth-order valence-electron chi connectivity index (χ4n) is 2.60. The van der Waals surface area contributed by atoms with Crippen molar-refractivity contribution in [2.45, 2.75) is 18.2 Å². The quantitative estimate of drug-likeness (QED) is 0.715. The number of nitrogens with zero attached hydrogens (tertiary/aromatic N) is 1. The van der Waals surface area contributed by atoms with Crippen molar-refractivity contribution in [1.29, 1.82) is 0 Å². The molecular formula is C15H24ClN3O3S. The summed E-state index contributed by atoms with van der Waals surface area (Å²) in [5.74, 6) is 0.474. The number of benzene rings is 1. The predicted octanol–water partition coefficient (Wildman–Crippen LogP) is 1.23. The normalized spacial score (nSPS) is 16.5. The van der Waals surface area contributed by atoms with Gasteiger partial charge >= 0.3 is 0 Å². The Labute approximate surface area is 143 Å². The molecule has 2 N–H and O–H groups in total. The van der Waals surface area contributed by atoms with E-state index >= 15 is 0 Å². The number of aryl methyl sites for hydroxylation is 1. The zero-order valence-electron chi connectivity index (χ0n) is 13.6. The molecule has 0 bridgehead atoms. The van der Waals surface area contributed by atoms with E-state index in [1.807, 2.05) is 0 Å². The Balaban J connectivity index is 1.92. The number of hydrogen-bond donors (Lipinski definition) is 2. The zero-order valence-corrected chi connectivity index (χ0v) is 15.1. The second kappa shape index (κ2) is 8.30. The van der Waals surface area contributed by atoms with Crippen LogP contribution in [0.25, 0.3) is 0 Å². The van der Waals surface area contributed by atoms with Gasteiger partial charge in [0.25, 0.3) is 0 Å². The largest absolute Gasteiger partial charge is 0.495 e. The van der Waals surface area contributed by atoms with Crippen molar-refractivity contribution in [3.63, 3.8) is 0 Å². The van der Waals surface area contributed by atoms with Gasteiger partial charge in [0.05, 0.1) is 17.0 Å². The SMILES string of the molecule is COc1cc(C)c(S(=O)(=O)NCCCN2CCNCC2)cc1Cl. The first-order chi connectivity index (χ1) is 10.9. The average Bonchev–Trinajstić information content (AvgIpc) is 2.54. The van der Waals surface area contributed by atoms with Crippen LogP contribution in [-0.2, 0) is 10.0 Å². The van der Waals surface area contributed by atoms with Gasteiger partial charge in [-0.05, 0) is 37.6 Å². The van der Waals surface area contributed by atoms with Crippen LogP contribution in [0, 0.1) is 6.92 Å². The van der Waals surface area contributed by atoms with Crippen molar-refractivity contribution in [3.05, 3.63) is 22.7 Å². The lowest BCUT2D eigenvalue weighted by Crippen LogP contribution is -2.44. The van der Waals surface area contributed by atoms with E-state index in [0.29, 0.717) is 22.9 Å². The first kappa shape index (κ1) is 18.5. The molecule has 0 atom stereocenters. The molecule has 0 radical (unpaired) electrons. The molecule has 1 aliphatic rings. The predicted molar refractivity (Wildman–Crippen MR) is 91.9 cm³/mol. The van der Waals surface area contributed by atoms with Gasteiger partial charge in [0.2, 0.25) is 10.0 Å².